The smallest absolute Gasteiger partial charge is 0.363 e. The van der Waals surface area contributed by atoms with Gasteiger partial charge in [0.1, 0.15) is 5.82 Å². The van der Waals surface area contributed by atoms with E-state index in [0.29, 0.717) is 34.3 Å². The molecule has 7 heteroatoms. The van der Waals surface area contributed by atoms with Crippen LogP contribution in [0.4, 0.5) is 4.39 Å². The van der Waals surface area contributed by atoms with Gasteiger partial charge in [-0.15, -0.1) is 0 Å². The van der Waals surface area contributed by atoms with Crippen molar-refractivity contribution in [3.63, 3.8) is 0 Å². The molecule has 26 heavy (non-hydrogen) atoms. The van der Waals surface area contributed by atoms with Gasteiger partial charge in [-0.05, 0) is 48.9 Å². The average Bonchev–Trinajstić information content (AvgIpc) is 2.98. The number of hydrogen-bond acceptors (Lipinski definition) is 5. The number of carbonyl (C=O) groups excluding carboxylic acids is 1. The number of halogens is 2. The van der Waals surface area contributed by atoms with Crippen LogP contribution in [-0.4, -0.2) is 25.6 Å². The molecule has 0 fully saturated rings. The zero-order chi connectivity index (χ0) is 18.7. The number of aliphatic imine (C=N–C) groups is 1. The Hall–Kier alpha value is -2.86. The molecule has 1 aliphatic rings. The predicted molar refractivity (Wildman–Crippen MR) is 96.2 cm³/mol. The molecule has 0 bridgehead atoms. The number of carbonyl (C=O) groups is 1. The van der Waals surface area contributed by atoms with Gasteiger partial charge in [0.15, 0.2) is 17.2 Å². The third-order valence-corrected chi connectivity index (χ3v) is 3.82. The maximum Gasteiger partial charge on any atom is 0.363 e. The molecule has 2 aromatic rings. The van der Waals surface area contributed by atoms with Crippen LogP contribution in [0, 0.1) is 5.82 Å². The lowest BCUT2D eigenvalue weighted by atomic mass is 10.1. The Balaban J connectivity index is 1.97. The summed E-state index contributed by atoms with van der Waals surface area (Å²) >= 11 is 6.23. The van der Waals surface area contributed by atoms with Crippen molar-refractivity contribution in [1.82, 2.24) is 0 Å². The molecule has 0 saturated carbocycles. The molecule has 0 unspecified atom stereocenters. The van der Waals surface area contributed by atoms with Crippen molar-refractivity contribution in [1.29, 1.82) is 0 Å². The van der Waals surface area contributed by atoms with Gasteiger partial charge in [-0.2, -0.15) is 0 Å². The molecule has 1 heterocycles. The molecule has 0 aromatic heterocycles. The molecule has 0 N–H and O–H groups in total. The van der Waals surface area contributed by atoms with E-state index in [1.54, 1.807) is 18.2 Å². The second kappa shape index (κ2) is 7.58. The fraction of sp³-hybridized carbons (Fsp3) is 0.158. The molecule has 0 aliphatic carbocycles. The summed E-state index contributed by atoms with van der Waals surface area (Å²) in [5.41, 5.74) is 1.04. The van der Waals surface area contributed by atoms with Gasteiger partial charge in [0.25, 0.3) is 0 Å². The van der Waals surface area contributed by atoms with Gasteiger partial charge in [0, 0.05) is 5.56 Å². The lowest BCUT2D eigenvalue weighted by Crippen LogP contribution is -2.05. The monoisotopic (exact) mass is 375 g/mol. The fourth-order valence-electron chi connectivity index (χ4n) is 2.42. The van der Waals surface area contributed by atoms with Crippen molar-refractivity contribution in [2.24, 2.45) is 4.99 Å². The van der Waals surface area contributed by atoms with E-state index in [1.165, 1.54) is 31.4 Å². The topological polar surface area (TPSA) is 57.1 Å². The van der Waals surface area contributed by atoms with Crippen molar-refractivity contribution < 1.29 is 23.4 Å². The number of ether oxygens (including phenoxy) is 3. The lowest BCUT2D eigenvalue weighted by molar-refractivity contribution is -0.129. The first kappa shape index (κ1) is 17.9. The maximum absolute atomic E-state index is 13.3. The van der Waals surface area contributed by atoms with Crippen molar-refractivity contribution in [2.75, 3.05) is 13.7 Å². The van der Waals surface area contributed by atoms with Crippen molar-refractivity contribution >= 4 is 29.5 Å². The van der Waals surface area contributed by atoms with Crippen LogP contribution in [0.5, 0.6) is 11.5 Å². The highest BCUT2D eigenvalue weighted by Crippen LogP contribution is 2.37. The maximum atomic E-state index is 13.3. The van der Waals surface area contributed by atoms with Crippen LogP contribution in [0.2, 0.25) is 5.02 Å². The number of hydrogen-bond donors (Lipinski definition) is 0. The molecule has 3 rings (SSSR count). The molecule has 0 saturated heterocycles. The van der Waals surface area contributed by atoms with E-state index < -0.39 is 11.8 Å². The number of esters is 1. The summed E-state index contributed by atoms with van der Waals surface area (Å²) < 4.78 is 29.2. The first-order valence-corrected chi connectivity index (χ1v) is 8.18. The van der Waals surface area contributed by atoms with Crippen molar-refractivity contribution in [3.05, 3.63) is 64.1 Å². The van der Waals surface area contributed by atoms with Gasteiger partial charge >= 0.3 is 5.97 Å². The van der Waals surface area contributed by atoms with Crippen LogP contribution in [0.15, 0.2) is 47.1 Å². The summed E-state index contributed by atoms with van der Waals surface area (Å²) in [6.45, 7) is 2.27. The number of nitrogens with zero attached hydrogens (tertiary/aromatic N) is 1. The summed E-state index contributed by atoms with van der Waals surface area (Å²) in [6.07, 6.45) is 1.51. The third kappa shape index (κ3) is 3.70. The molecular weight excluding hydrogens is 361 g/mol. The van der Waals surface area contributed by atoms with Gasteiger partial charge in [-0.25, -0.2) is 14.2 Å². The summed E-state index contributed by atoms with van der Waals surface area (Å²) in [7, 11) is 1.50. The van der Waals surface area contributed by atoms with E-state index in [1.807, 2.05) is 6.92 Å². The fourth-order valence-corrected chi connectivity index (χ4v) is 2.69. The Kier molecular flexibility index (Phi) is 5.23. The summed E-state index contributed by atoms with van der Waals surface area (Å²) in [5.74, 6) is -0.164. The van der Waals surface area contributed by atoms with Crippen molar-refractivity contribution in [3.8, 4) is 11.5 Å². The third-order valence-electron chi connectivity index (χ3n) is 3.54. The second-order valence-electron chi connectivity index (χ2n) is 5.31. The van der Waals surface area contributed by atoms with Gasteiger partial charge in [0.05, 0.1) is 18.7 Å². The van der Waals surface area contributed by atoms with Crippen molar-refractivity contribution in [2.45, 2.75) is 6.92 Å². The summed E-state index contributed by atoms with van der Waals surface area (Å²) in [6, 6.07) is 8.96. The molecule has 5 nitrogen and oxygen atoms in total. The van der Waals surface area contributed by atoms with E-state index >= 15 is 0 Å². The van der Waals surface area contributed by atoms with E-state index in [2.05, 4.69) is 4.99 Å². The van der Waals surface area contributed by atoms with Gasteiger partial charge in [-0.1, -0.05) is 17.7 Å². The normalized spacial score (nSPS) is 15.0. The van der Waals surface area contributed by atoms with Crippen LogP contribution >= 0.6 is 11.6 Å². The Morgan fingerprint density at radius 3 is 2.81 bits per heavy atom. The van der Waals surface area contributed by atoms with E-state index in [-0.39, 0.29) is 11.6 Å². The van der Waals surface area contributed by atoms with Crippen LogP contribution in [-0.2, 0) is 9.53 Å². The molecule has 1 aliphatic heterocycles. The minimum absolute atomic E-state index is 0.0461. The SMILES string of the molecule is CCOc1c(Cl)cc(/C=C2\N=C(c3cccc(F)c3)OC2=O)cc1OC. The first-order valence-electron chi connectivity index (χ1n) is 7.80. The Labute approximate surface area is 154 Å². The zero-order valence-corrected chi connectivity index (χ0v) is 14.8. The first-order chi connectivity index (χ1) is 12.5. The number of benzene rings is 2. The highest BCUT2D eigenvalue weighted by Gasteiger charge is 2.24. The summed E-state index contributed by atoms with van der Waals surface area (Å²) in [4.78, 5) is 16.2. The molecule has 134 valence electrons. The number of methoxy groups -OCH3 is 1. The summed E-state index contributed by atoms with van der Waals surface area (Å²) in [5, 5.41) is 0.346. The van der Waals surface area contributed by atoms with Crippen LogP contribution in [0.1, 0.15) is 18.1 Å². The minimum Gasteiger partial charge on any atom is -0.493 e. The van der Waals surface area contributed by atoms with Crippen LogP contribution < -0.4 is 9.47 Å². The van der Waals surface area contributed by atoms with Crippen LogP contribution in [0.25, 0.3) is 6.08 Å². The van der Waals surface area contributed by atoms with Gasteiger partial charge in [-0.3, -0.25) is 0 Å². The minimum atomic E-state index is -0.631. The Morgan fingerprint density at radius 1 is 1.31 bits per heavy atom. The second-order valence-corrected chi connectivity index (χ2v) is 5.72. The van der Waals surface area contributed by atoms with E-state index in [0.717, 1.165) is 0 Å². The molecule has 0 atom stereocenters. The van der Waals surface area contributed by atoms with E-state index in [4.69, 9.17) is 25.8 Å². The molecule has 2 aromatic carbocycles. The Bertz CT molecular complexity index is 924. The van der Waals surface area contributed by atoms with Gasteiger partial charge < -0.3 is 14.2 Å². The highest BCUT2D eigenvalue weighted by atomic mass is 35.5. The predicted octanol–water partition coefficient (Wildman–Crippen LogP) is 4.23. The lowest BCUT2D eigenvalue weighted by Gasteiger charge is -2.11. The largest absolute Gasteiger partial charge is 0.493 e. The molecule has 0 spiro atoms. The molecular formula is C19H15ClFNO4. The molecule has 0 radical (unpaired) electrons. The Morgan fingerprint density at radius 2 is 2.12 bits per heavy atom. The number of cyclic esters (lactones) is 1. The quantitative estimate of drug-likeness (QED) is 0.579. The average molecular weight is 376 g/mol. The zero-order valence-electron chi connectivity index (χ0n) is 14.1. The highest BCUT2D eigenvalue weighted by molar-refractivity contribution is 6.32. The standard InChI is InChI=1S/C19H15ClFNO4/c1-3-25-17-14(20)7-11(9-16(17)24-2)8-15-19(23)26-18(22-15)12-5-4-6-13(21)10-12/h4-10H,3H2,1-2H3/b15-8-. The molecule has 0 amide bonds. The number of rotatable bonds is 5. The van der Waals surface area contributed by atoms with Gasteiger partial charge in [0.2, 0.25) is 5.90 Å². The van der Waals surface area contributed by atoms with Crippen LogP contribution in [0.3, 0.4) is 0 Å². The van der Waals surface area contributed by atoms with E-state index in [9.17, 15) is 9.18 Å².